The fourth-order valence-electron chi connectivity index (χ4n) is 3.01. The van der Waals surface area contributed by atoms with Gasteiger partial charge < -0.3 is 5.32 Å². The van der Waals surface area contributed by atoms with Gasteiger partial charge in [-0.15, -0.1) is 0 Å². The number of hydrogen-bond donors (Lipinski definition) is 1. The Bertz CT molecular complexity index is 1240. The third-order valence-electron chi connectivity index (χ3n) is 4.64. The second-order valence-corrected chi connectivity index (χ2v) is 8.72. The molecule has 0 spiro atoms. The van der Waals surface area contributed by atoms with Crippen LogP contribution in [0.2, 0.25) is 10.0 Å². The molecule has 0 saturated carbocycles. The van der Waals surface area contributed by atoms with E-state index in [4.69, 9.17) is 23.2 Å². The van der Waals surface area contributed by atoms with Crippen molar-refractivity contribution in [2.75, 3.05) is 11.1 Å². The van der Waals surface area contributed by atoms with E-state index in [1.165, 1.54) is 22.9 Å². The van der Waals surface area contributed by atoms with Crippen LogP contribution in [0.15, 0.2) is 59.9 Å². The lowest BCUT2D eigenvalue weighted by atomic mass is 10.0. The standard InChI is InChI=1S/C22H18Cl2N4OS/c1-13-3-4-15(7-14(13)2)19-11-20-22(25-5-6-28(20)27-19)30-12-21(29)26-18-9-16(23)8-17(24)10-18/h3-11H,12H2,1-2H3,(H,26,29). The number of fused-ring (bicyclic) bond motifs is 1. The average molecular weight is 457 g/mol. The van der Waals surface area contributed by atoms with Crippen molar-refractivity contribution in [1.82, 2.24) is 14.6 Å². The number of thioether (sulfide) groups is 1. The van der Waals surface area contributed by atoms with E-state index in [9.17, 15) is 4.79 Å². The monoisotopic (exact) mass is 456 g/mol. The van der Waals surface area contributed by atoms with Crippen LogP contribution < -0.4 is 5.32 Å². The molecule has 2 heterocycles. The van der Waals surface area contributed by atoms with Crippen LogP contribution in [0.4, 0.5) is 5.69 Å². The number of carbonyl (C=O) groups is 1. The fraction of sp³-hybridized carbons (Fsp3) is 0.136. The highest BCUT2D eigenvalue weighted by molar-refractivity contribution is 8.00. The molecule has 5 nitrogen and oxygen atoms in total. The van der Waals surface area contributed by atoms with Crippen LogP contribution in [0, 0.1) is 13.8 Å². The second-order valence-electron chi connectivity index (χ2n) is 6.89. The number of benzene rings is 2. The van der Waals surface area contributed by atoms with E-state index in [1.807, 2.05) is 6.07 Å². The van der Waals surface area contributed by atoms with Gasteiger partial charge in [0.05, 0.1) is 17.0 Å². The van der Waals surface area contributed by atoms with E-state index in [2.05, 4.69) is 47.4 Å². The highest BCUT2D eigenvalue weighted by Crippen LogP contribution is 2.28. The Labute approximate surface area is 188 Å². The van der Waals surface area contributed by atoms with Crippen molar-refractivity contribution in [3.8, 4) is 11.3 Å². The quantitative estimate of drug-likeness (QED) is 0.371. The van der Waals surface area contributed by atoms with Gasteiger partial charge in [-0.1, -0.05) is 47.1 Å². The van der Waals surface area contributed by atoms with Crippen LogP contribution in [0.3, 0.4) is 0 Å². The number of hydrogen-bond acceptors (Lipinski definition) is 4. The Balaban J connectivity index is 1.52. The summed E-state index contributed by atoms with van der Waals surface area (Å²) in [5.41, 5.74) is 5.79. The number of aromatic nitrogens is 3. The Morgan fingerprint density at radius 1 is 1.07 bits per heavy atom. The zero-order valence-electron chi connectivity index (χ0n) is 16.3. The van der Waals surface area contributed by atoms with E-state index in [0.29, 0.717) is 15.7 Å². The van der Waals surface area contributed by atoms with Crippen molar-refractivity contribution in [2.45, 2.75) is 18.9 Å². The largest absolute Gasteiger partial charge is 0.325 e. The number of carbonyl (C=O) groups excluding carboxylic acids is 1. The van der Waals surface area contributed by atoms with Gasteiger partial charge in [0.25, 0.3) is 0 Å². The molecular weight excluding hydrogens is 439 g/mol. The van der Waals surface area contributed by atoms with Crippen LogP contribution in [0.1, 0.15) is 11.1 Å². The minimum atomic E-state index is -0.170. The van der Waals surface area contributed by atoms with E-state index < -0.39 is 0 Å². The molecule has 1 N–H and O–H groups in total. The van der Waals surface area contributed by atoms with Gasteiger partial charge in [0, 0.05) is 33.7 Å². The number of nitrogens with zero attached hydrogens (tertiary/aromatic N) is 3. The fourth-order valence-corrected chi connectivity index (χ4v) is 4.31. The Kier molecular flexibility index (Phi) is 5.99. The summed E-state index contributed by atoms with van der Waals surface area (Å²) >= 11 is 13.3. The minimum Gasteiger partial charge on any atom is -0.325 e. The van der Waals surface area contributed by atoms with Crippen molar-refractivity contribution in [3.05, 3.63) is 76.0 Å². The number of anilines is 1. The molecule has 0 aliphatic heterocycles. The first kappa shape index (κ1) is 20.7. The molecule has 0 aliphatic carbocycles. The molecule has 4 rings (SSSR count). The van der Waals surface area contributed by atoms with Crippen LogP contribution in [-0.2, 0) is 4.79 Å². The van der Waals surface area contributed by atoms with Gasteiger partial charge in [-0.05, 0) is 55.3 Å². The number of halogens is 2. The maximum absolute atomic E-state index is 12.4. The zero-order valence-corrected chi connectivity index (χ0v) is 18.6. The Hall–Kier alpha value is -2.54. The summed E-state index contributed by atoms with van der Waals surface area (Å²) in [5.74, 6) is 0.0251. The van der Waals surface area contributed by atoms with Crippen molar-refractivity contribution in [1.29, 1.82) is 0 Å². The molecular formula is C22H18Cl2N4OS. The number of amides is 1. The van der Waals surface area contributed by atoms with Gasteiger partial charge in [0.1, 0.15) is 5.03 Å². The topological polar surface area (TPSA) is 59.3 Å². The Morgan fingerprint density at radius 2 is 1.83 bits per heavy atom. The first-order valence-corrected chi connectivity index (χ1v) is 10.9. The van der Waals surface area contributed by atoms with E-state index in [-0.39, 0.29) is 11.7 Å². The highest BCUT2D eigenvalue weighted by Gasteiger charge is 2.12. The molecule has 0 atom stereocenters. The van der Waals surface area contributed by atoms with Gasteiger partial charge >= 0.3 is 0 Å². The smallest absolute Gasteiger partial charge is 0.234 e. The van der Waals surface area contributed by atoms with Gasteiger partial charge in [0.2, 0.25) is 5.91 Å². The molecule has 0 bridgehead atoms. The van der Waals surface area contributed by atoms with Gasteiger partial charge in [-0.3, -0.25) is 4.79 Å². The molecule has 4 aromatic rings. The molecule has 30 heavy (non-hydrogen) atoms. The normalized spacial score (nSPS) is 11.1. The summed E-state index contributed by atoms with van der Waals surface area (Å²) in [6.45, 7) is 4.17. The summed E-state index contributed by atoms with van der Waals surface area (Å²) in [4.78, 5) is 16.8. The van der Waals surface area contributed by atoms with Crippen molar-refractivity contribution in [2.24, 2.45) is 0 Å². The molecule has 2 aromatic carbocycles. The van der Waals surface area contributed by atoms with Crippen LogP contribution in [-0.4, -0.2) is 26.3 Å². The Morgan fingerprint density at radius 3 is 2.57 bits per heavy atom. The number of nitrogens with one attached hydrogen (secondary N) is 1. The number of rotatable bonds is 5. The lowest BCUT2D eigenvalue weighted by Crippen LogP contribution is -2.14. The lowest BCUT2D eigenvalue weighted by molar-refractivity contribution is -0.113. The summed E-state index contributed by atoms with van der Waals surface area (Å²) in [6, 6.07) is 13.2. The van der Waals surface area contributed by atoms with Gasteiger partial charge in [-0.25, -0.2) is 9.50 Å². The summed E-state index contributed by atoms with van der Waals surface area (Å²) < 4.78 is 1.79. The molecule has 0 unspecified atom stereocenters. The molecule has 8 heteroatoms. The van der Waals surface area contributed by atoms with E-state index in [0.717, 1.165) is 21.8 Å². The first-order chi connectivity index (χ1) is 14.4. The van der Waals surface area contributed by atoms with Crippen LogP contribution in [0.5, 0.6) is 0 Å². The molecule has 0 saturated heterocycles. The summed E-state index contributed by atoms with van der Waals surface area (Å²) in [5, 5.41) is 9.14. The highest BCUT2D eigenvalue weighted by atomic mass is 35.5. The van der Waals surface area contributed by atoms with E-state index >= 15 is 0 Å². The van der Waals surface area contributed by atoms with Gasteiger partial charge in [0.15, 0.2) is 0 Å². The molecule has 1 amide bonds. The van der Waals surface area contributed by atoms with Crippen molar-refractivity contribution >= 4 is 52.1 Å². The zero-order chi connectivity index (χ0) is 21.3. The van der Waals surface area contributed by atoms with Crippen LogP contribution >= 0.6 is 35.0 Å². The third-order valence-corrected chi connectivity index (χ3v) is 6.07. The molecule has 152 valence electrons. The first-order valence-electron chi connectivity index (χ1n) is 9.20. The average Bonchev–Trinajstić information content (AvgIpc) is 3.12. The SMILES string of the molecule is Cc1ccc(-c2cc3c(SCC(=O)Nc4cc(Cl)cc(Cl)c4)nccn3n2)cc1C. The predicted octanol–water partition coefficient (Wildman–Crippen LogP) is 6.05. The summed E-state index contributed by atoms with van der Waals surface area (Å²) in [7, 11) is 0. The van der Waals surface area contributed by atoms with Gasteiger partial charge in [-0.2, -0.15) is 5.10 Å². The molecule has 2 aromatic heterocycles. The maximum atomic E-state index is 12.4. The lowest BCUT2D eigenvalue weighted by Gasteiger charge is -2.06. The number of aryl methyl sites for hydroxylation is 2. The molecule has 0 radical (unpaired) electrons. The van der Waals surface area contributed by atoms with Crippen molar-refractivity contribution < 1.29 is 4.79 Å². The van der Waals surface area contributed by atoms with E-state index in [1.54, 1.807) is 35.1 Å². The van der Waals surface area contributed by atoms with Crippen molar-refractivity contribution in [3.63, 3.8) is 0 Å². The third kappa shape index (κ3) is 4.61. The minimum absolute atomic E-state index is 0.170. The second kappa shape index (κ2) is 8.68. The molecule has 0 fully saturated rings. The molecule has 0 aliphatic rings. The summed E-state index contributed by atoms with van der Waals surface area (Å²) in [6.07, 6.45) is 3.49. The van der Waals surface area contributed by atoms with Crippen LogP contribution in [0.25, 0.3) is 16.8 Å². The predicted molar refractivity (Wildman–Crippen MR) is 124 cm³/mol. The maximum Gasteiger partial charge on any atom is 0.234 e.